The zero-order valence-corrected chi connectivity index (χ0v) is 20.0. The number of hydrogen-bond acceptors (Lipinski definition) is 4. The van der Waals surface area contributed by atoms with E-state index >= 15 is 0 Å². The van der Waals surface area contributed by atoms with Crippen molar-refractivity contribution in [3.8, 4) is 17.0 Å². The minimum atomic E-state index is -0.285. The van der Waals surface area contributed by atoms with Crippen molar-refractivity contribution >= 4 is 17.6 Å². The van der Waals surface area contributed by atoms with Crippen LogP contribution < -0.4 is 10.6 Å². The fraction of sp³-hybridized carbons (Fsp3) is 0.370. The van der Waals surface area contributed by atoms with E-state index in [4.69, 9.17) is 0 Å². The number of nitrogens with zero attached hydrogens (tertiary/aromatic N) is 2. The van der Waals surface area contributed by atoms with Gasteiger partial charge in [-0.2, -0.15) is 9.78 Å². The molecule has 3 aromatic rings. The zero-order valence-electron chi connectivity index (χ0n) is 20.0. The first kappa shape index (κ1) is 23.5. The van der Waals surface area contributed by atoms with Crippen molar-refractivity contribution in [3.63, 3.8) is 0 Å². The maximum absolute atomic E-state index is 13.0. The van der Waals surface area contributed by atoms with Gasteiger partial charge in [0.05, 0.1) is 11.4 Å². The van der Waals surface area contributed by atoms with Crippen LogP contribution in [-0.4, -0.2) is 26.8 Å². The molecule has 178 valence electrons. The van der Waals surface area contributed by atoms with Gasteiger partial charge in [-0.1, -0.05) is 50.1 Å². The zero-order chi connectivity index (χ0) is 24.2. The quantitative estimate of drug-likeness (QED) is 0.429. The highest BCUT2D eigenvalue weighted by molar-refractivity contribution is 5.91. The van der Waals surface area contributed by atoms with Crippen molar-refractivity contribution in [2.45, 2.75) is 58.9 Å². The number of rotatable bonds is 7. The van der Waals surface area contributed by atoms with Gasteiger partial charge >= 0.3 is 6.03 Å². The standard InChI is InChI=1S/C27H32N4O3/c1-17(2)12-26(33)29-21-10-11-22(25(32)14-21)23-15-24(20-8-5-9-20)31(30-23)27(34)28-16-19-7-4-6-18(3)13-19/h4,6-7,10-11,13-15,17,20,32H,5,8-9,12,16H2,1-3H3,(H,28,34)(H,29,33). The predicted octanol–water partition coefficient (Wildman–Crippen LogP) is 5.57. The minimum Gasteiger partial charge on any atom is -0.507 e. The van der Waals surface area contributed by atoms with Gasteiger partial charge in [0.2, 0.25) is 5.91 Å². The average molecular weight is 461 g/mol. The number of anilines is 1. The molecule has 1 aromatic heterocycles. The molecule has 0 atom stereocenters. The van der Waals surface area contributed by atoms with Gasteiger partial charge in [-0.15, -0.1) is 0 Å². The van der Waals surface area contributed by atoms with E-state index in [0.717, 1.165) is 36.1 Å². The minimum absolute atomic E-state index is 0.00678. The number of carbonyl (C=O) groups is 2. The molecular weight excluding hydrogens is 428 g/mol. The Morgan fingerprint density at radius 1 is 1.15 bits per heavy atom. The van der Waals surface area contributed by atoms with Crippen LogP contribution >= 0.6 is 0 Å². The predicted molar refractivity (Wildman–Crippen MR) is 133 cm³/mol. The van der Waals surface area contributed by atoms with Gasteiger partial charge in [-0.05, 0) is 49.4 Å². The number of amides is 2. The second-order valence-corrected chi connectivity index (χ2v) is 9.52. The fourth-order valence-corrected chi connectivity index (χ4v) is 4.17. The van der Waals surface area contributed by atoms with Crippen LogP contribution in [0.15, 0.2) is 48.5 Å². The van der Waals surface area contributed by atoms with Gasteiger partial charge in [-0.25, -0.2) is 4.79 Å². The lowest BCUT2D eigenvalue weighted by atomic mass is 9.82. The molecule has 0 unspecified atom stereocenters. The molecule has 0 saturated heterocycles. The lowest BCUT2D eigenvalue weighted by Crippen LogP contribution is -2.31. The van der Waals surface area contributed by atoms with Crippen LogP contribution in [0.4, 0.5) is 10.5 Å². The molecule has 1 aliphatic rings. The highest BCUT2D eigenvalue weighted by atomic mass is 16.3. The summed E-state index contributed by atoms with van der Waals surface area (Å²) in [5.41, 5.74) is 4.61. The summed E-state index contributed by atoms with van der Waals surface area (Å²) in [5.74, 6) is 0.442. The summed E-state index contributed by atoms with van der Waals surface area (Å²) >= 11 is 0. The summed E-state index contributed by atoms with van der Waals surface area (Å²) in [6.07, 6.45) is 3.58. The molecule has 4 rings (SSSR count). The lowest BCUT2D eigenvalue weighted by Gasteiger charge is -2.25. The van der Waals surface area contributed by atoms with E-state index in [9.17, 15) is 14.7 Å². The van der Waals surface area contributed by atoms with Crippen LogP contribution in [0.25, 0.3) is 11.3 Å². The molecule has 2 amide bonds. The topological polar surface area (TPSA) is 96.3 Å². The molecule has 1 fully saturated rings. The van der Waals surface area contributed by atoms with E-state index in [0.29, 0.717) is 29.9 Å². The van der Waals surface area contributed by atoms with E-state index in [1.165, 1.54) is 10.7 Å². The van der Waals surface area contributed by atoms with E-state index in [-0.39, 0.29) is 29.5 Å². The Labute approximate surface area is 200 Å². The Morgan fingerprint density at radius 2 is 1.94 bits per heavy atom. The van der Waals surface area contributed by atoms with Crippen molar-refractivity contribution in [3.05, 3.63) is 65.4 Å². The highest BCUT2D eigenvalue weighted by Gasteiger charge is 2.27. The molecule has 1 aliphatic carbocycles. The number of nitrogens with one attached hydrogen (secondary N) is 2. The van der Waals surface area contributed by atoms with Crippen molar-refractivity contribution in [2.24, 2.45) is 5.92 Å². The molecule has 1 saturated carbocycles. The number of aryl methyl sites for hydroxylation is 1. The molecule has 7 heteroatoms. The van der Waals surface area contributed by atoms with Crippen LogP contribution in [-0.2, 0) is 11.3 Å². The number of benzene rings is 2. The molecule has 0 aliphatic heterocycles. The smallest absolute Gasteiger partial charge is 0.342 e. The van der Waals surface area contributed by atoms with Gasteiger partial charge < -0.3 is 15.7 Å². The van der Waals surface area contributed by atoms with Crippen LogP contribution in [0.2, 0.25) is 0 Å². The molecule has 1 heterocycles. The third-order valence-electron chi connectivity index (χ3n) is 6.13. The Bertz CT molecular complexity index is 1190. The van der Waals surface area contributed by atoms with E-state index in [1.807, 2.05) is 51.1 Å². The third-order valence-corrected chi connectivity index (χ3v) is 6.13. The second-order valence-electron chi connectivity index (χ2n) is 9.52. The van der Waals surface area contributed by atoms with Gasteiger partial charge in [-0.3, -0.25) is 4.79 Å². The Morgan fingerprint density at radius 3 is 2.59 bits per heavy atom. The first-order valence-electron chi connectivity index (χ1n) is 11.9. The average Bonchev–Trinajstić information content (AvgIpc) is 3.14. The number of aromatic nitrogens is 2. The lowest BCUT2D eigenvalue weighted by molar-refractivity contribution is -0.116. The van der Waals surface area contributed by atoms with Crippen molar-refractivity contribution in [2.75, 3.05) is 5.32 Å². The van der Waals surface area contributed by atoms with Gasteiger partial charge in [0.25, 0.3) is 0 Å². The van der Waals surface area contributed by atoms with Crippen molar-refractivity contribution in [1.82, 2.24) is 15.1 Å². The molecule has 3 N–H and O–H groups in total. The van der Waals surface area contributed by atoms with E-state index < -0.39 is 0 Å². The maximum Gasteiger partial charge on any atom is 0.342 e. The van der Waals surface area contributed by atoms with Crippen LogP contribution in [0.5, 0.6) is 5.75 Å². The first-order chi connectivity index (χ1) is 16.3. The van der Waals surface area contributed by atoms with Crippen LogP contribution in [0.3, 0.4) is 0 Å². The van der Waals surface area contributed by atoms with Crippen LogP contribution in [0.1, 0.15) is 62.3 Å². The summed E-state index contributed by atoms with van der Waals surface area (Å²) < 4.78 is 1.44. The highest BCUT2D eigenvalue weighted by Crippen LogP contribution is 2.39. The normalized spacial score (nSPS) is 13.5. The number of phenolic OH excluding ortho intramolecular Hbond substituents is 1. The van der Waals surface area contributed by atoms with E-state index in [2.05, 4.69) is 15.7 Å². The molecular formula is C27H32N4O3. The number of aromatic hydroxyl groups is 1. The summed E-state index contributed by atoms with van der Waals surface area (Å²) in [6.45, 7) is 6.39. The number of phenols is 1. The van der Waals surface area contributed by atoms with Gasteiger partial charge in [0, 0.05) is 36.2 Å². The van der Waals surface area contributed by atoms with Gasteiger partial charge in [0.15, 0.2) is 0 Å². The maximum atomic E-state index is 13.0. The fourth-order valence-electron chi connectivity index (χ4n) is 4.17. The van der Waals surface area contributed by atoms with Crippen LogP contribution in [0, 0.1) is 12.8 Å². The molecule has 34 heavy (non-hydrogen) atoms. The number of hydrogen-bond donors (Lipinski definition) is 3. The molecule has 2 aromatic carbocycles. The van der Waals surface area contributed by atoms with Gasteiger partial charge in [0.1, 0.15) is 5.75 Å². The largest absolute Gasteiger partial charge is 0.507 e. The molecule has 7 nitrogen and oxygen atoms in total. The summed E-state index contributed by atoms with van der Waals surface area (Å²) in [4.78, 5) is 25.1. The summed E-state index contributed by atoms with van der Waals surface area (Å²) in [5, 5.41) is 21.0. The number of carbonyl (C=O) groups excluding carboxylic acids is 2. The summed E-state index contributed by atoms with van der Waals surface area (Å²) in [7, 11) is 0. The molecule has 0 radical (unpaired) electrons. The molecule has 0 spiro atoms. The summed E-state index contributed by atoms with van der Waals surface area (Å²) in [6, 6.07) is 14.6. The Hall–Kier alpha value is -3.61. The molecule has 0 bridgehead atoms. The SMILES string of the molecule is Cc1cccc(CNC(=O)n2nc(-c3ccc(NC(=O)CC(C)C)cc3O)cc2C2CCC2)c1. The van der Waals surface area contributed by atoms with E-state index in [1.54, 1.807) is 12.1 Å². The van der Waals surface area contributed by atoms with Crippen molar-refractivity contribution in [1.29, 1.82) is 0 Å². The Kier molecular flexibility index (Phi) is 7.01. The monoisotopic (exact) mass is 460 g/mol. The first-order valence-corrected chi connectivity index (χ1v) is 11.9. The van der Waals surface area contributed by atoms with Crippen molar-refractivity contribution < 1.29 is 14.7 Å². The Balaban J connectivity index is 1.55. The second kappa shape index (κ2) is 10.1. The third kappa shape index (κ3) is 5.47.